The molecule has 0 saturated carbocycles. The molecule has 1 atom stereocenters. The number of rotatable bonds is 12. The molecular formula is C33H41F3N6O6. The standard InChI is InChI=1S/C33H41F3N6O6/c1-6-13-41(5)27-17-26(39-31(45)48-32(2,3)4)25(16-24(27)33(34,35)36)38-29(44)18-28(43)21-10-9-11-22(15-21)42-23(19-37-40-42)20-47-30-12-7-8-14-46-30/h9-11,15-17,19,30H,6-8,12-14,18,20H2,1-5H3,(H,38,44)(H,39,45). The molecule has 3 aromatic rings. The first kappa shape index (κ1) is 36.3. The number of nitrogens with one attached hydrogen (secondary N) is 2. The van der Waals surface area contributed by atoms with Gasteiger partial charge in [0, 0.05) is 25.8 Å². The summed E-state index contributed by atoms with van der Waals surface area (Å²) in [5.74, 6) is -1.48. The van der Waals surface area contributed by atoms with Crippen LogP contribution in [0, 0.1) is 0 Å². The molecule has 4 rings (SSSR count). The minimum atomic E-state index is -4.79. The quantitative estimate of drug-likeness (QED) is 0.158. The van der Waals surface area contributed by atoms with Gasteiger partial charge in [0.25, 0.3) is 0 Å². The molecule has 0 bridgehead atoms. The van der Waals surface area contributed by atoms with E-state index in [2.05, 4.69) is 20.9 Å². The van der Waals surface area contributed by atoms with Crippen molar-refractivity contribution in [2.45, 2.75) is 84.5 Å². The van der Waals surface area contributed by atoms with Crippen LogP contribution in [0.25, 0.3) is 5.69 Å². The van der Waals surface area contributed by atoms with Crippen molar-refractivity contribution in [3.63, 3.8) is 0 Å². The van der Waals surface area contributed by atoms with Crippen LogP contribution in [0.1, 0.15) is 81.4 Å². The molecule has 1 aliphatic rings. The van der Waals surface area contributed by atoms with E-state index in [9.17, 15) is 27.6 Å². The average molecular weight is 675 g/mol. The smallest absolute Gasteiger partial charge is 0.418 e. The lowest BCUT2D eigenvalue weighted by Gasteiger charge is -2.26. The number of ketones is 1. The van der Waals surface area contributed by atoms with Gasteiger partial charge >= 0.3 is 12.3 Å². The SMILES string of the molecule is CCCN(C)c1cc(NC(=O)OC(C)(C)C)c(NC(=O)CC(=O)c2cccc(-n3nncc3COC3CCCCO3)c2)cc1C(F)(F)F. The number of nitrogens with zero attached hydrogens (tertiary/aromatic N) is 4. The van der Waals surface area contributed by atoms with E-state index >= 15 is 0 Å². The fraction of sp³-hybridized carbons (Fsp3) is 0.485. The van der Waals surface area contributed by atoms with E-state index in [1.54, 1.807) is 32.9 Å². The predicted molar refractivity (Wildman–Crippen MR) is 172 cm³/mol. The van der Waals surface area contributed by atoms with Gasteiger partial charge in [-0.3, -0.25) is 14.9 Å². The molecule has 15 heteroatoms. The number of halogens is 3. The van der Waals surface area contributed by atoms with Gasteiger partial charge in [-0.05, 0) is 70.7 Å². The third-order valence-corrected chi connectivity index (χ3v) is 7.23. The van der Waals surface area contributed by atoms with Crippen LogP contribution in [0.5, 0.6) is 0 Å². The predicted octanol–water partition coefficient (Wildman–Crippen LogP) is 6.73. The zero-order valence-electron chi connectivity index (χ0n) is 27.6. The highest BCUT2D eigenvalue weighted by Crippen LogP contribution is 2.41. The number of amides is 2. The highest BCUT2D eigenvalue weighted by atomic mass is 19.4. The Morgan fingerprint density at radius 1 is 1.08 bits per heavy atom. The topological polar surface area (TPSA) is 137 Å². The zero-order chi connectivity index (χ0) is 35.1. The van der Waals surface area contributed by atoms with Gasteiger partial charge < -0.3 is 24.4 Å². The number of carbonyl (C=O) groups excluding carboxylic acids is 3. The van der Waals surface area contributed by atoms with Crippen molar-refractivity contribution in [1.29, 1.82) is 0 Å². The van der Waals surface area contributed by atoms with Crippen molar-refractivity contribution in [2.75, 3.05) is 35.7 Å². The Bertz CT molecular complexity index is 1600. The van der Waals surface area contributed by atoms with E-state index in [0.29, 0.717) is 31.0 Å². The summed E-state index contributed by atoms with van der Waals surface area (Å²) in [4.78, 5) is 40.4. The monoisotopic (exact) mass is 674 g/mol. The summed E-state index contributed by atoms with van der Waals surface area (Å²) in [5, 5.41) is 12.9. The summed E-state index contributed by atoms with van der Waals surface area (Å²) >= 11 is 0. The lowest BCUT2D eigenvalue weighted by Crippen LogP contribution is -2.28. The first-order chi connectivity index (χ1) is 22.6. The van der Waals surface area contributed by atoms with Gasteiger partial charge in [-0.25, -0.2) is 9.48 Å². The van der Waals surface area contributed by atoms with Crippen molar-refractivity contribution in [3.8, 4) is 5.69 Å². The molecule has 2 amide bonds. The number of carbonyl (C=O) groups is 3. The molecule has 1 unspecified atom stereocenters. The molecule has 2 heterocycles. The Balaban J connectivity index is 1.54. The third-order valence-electron chi connectivity index (χ3n) is 7.23. The summed E-state index contributed by atoms with van der Waals surface area (Å²) in [5.41, 5.74) is -1.32. The van der Waals surface area contributed by atoms with E-state index in [1.165, 1.54) is 35.0 Å². The Morgan fingerprint density at radius 3 is 2.50 bits per heavy atom. The third kappa shape index (κ3) is 10.0. The maximum atomic E-state index is 14.2. The van der Waals surface area contributed by atoms with Gasteiger partial charge in [0.1, 0.15) is 5.60 Å². The largest absolute Gasteiger partial charge is 0.444 e. The number of Topliss-reactive ketones (excluding diaryl/α,β-unsaturated/α-hetero) is 1. The lowest BCUT2D eigenvalue weighted by molar-refractivity contribution is -0.169. The number of alkyl halides is 3. The Kier molecular flexibility index (Phi) is 11.8. The molecule has 260 valence electrons. The van der Waals surface area contributed by atoms with Crippen LogP contribution in [0.4, 0.5) is 35.0 Å². The molecule has 2 N–H and O–H groups in total. The second kappa shape index (κ2) is 15.6. The zero-order valence-corrected chi connectivity index (χ0v) is 27.6. The Hall–Kier alpha value is -4.50. The maximum absolute atomic E-state index is 14.2. The van der Waals surface area contributed by atoms with Crippen LogP contribution >= 0.6 is 0 Å². The van der Waals surface area contributed by atoms with Gasteiger partial charge in [0.15, 0.2) is 12.1 Å². The van der Waals surface area contributed by atoms with E-state index < -0.39 is 41.5 Å². The van der Waals surface area contributed by atoms with Crippen LogP contribution < -0.4 is 15.5 Å². The van der Waals surface area contributed by atoms with Crippen LogP contribution in [-0.2, 0) is 31.8 Å². The molecule has 1 aromatic heterocycles. The van der Waals surface area contributed by atoms with E-state index in [-0.39, 0.29) is 35.5 Å². The second-order valence-corrected chi connectivity index (χ2v) is 12.4. The molecular weight excluding hydrogens is 633 g/mol. The van der Waals surface area contributed by atoms with E-state index in [0.717, 1.165) is 31.4 Å². The fourth-order valence-corrected chi connectivity index (χ4v) is 5.05. The summed E-state index contributed by atoms with van der Waals surface area (Å²) in [6, 6.07) is 8.22. The molecule has 1 saturated heterocycles. The minimum Gasteiger partial charge on any atom is -0.444 e. The Morgan fingerprint density at radius 2 is 1.83 bits per heavy atom. The van der Waals surface area contributed by atoms with Crippen molar-refractivity contribution in [3.05, 3.63) is 59.4 Å². The first-order valence-corrected chi connectivity index (χ1v) is 15.7. The summed E-state index contributed by atoms with van der Waals surface area (Å²) in [6.45, 7) is 7.81. The van der Waals surface area contributed by atoms with Crippen LogP contribution in [0.15, 0.2) is 42.6 Å². The van der Waals surface area contributed by atoms with E-state index in [1.807, 2.05) is 6.92 Å². The number of ether oxygens (including phenoxy) is 3. The molecule has 0 spiro atoms. The Labute approximate surface area is 276 Å². The van der Waals surface area contributed by atoms with Crippen molar-refractivity contribution in [2.24, 2.45) is 0 Å². The number of hydrogen-bond donors (Lipinski definition) is 2. The van der Waals surface area contributed by atoms with Crippen LogP contribution in [0.2, 0.25) is 0 Å². The van der Waals surface area contributed by atoms with Gasteiger partial charge in [-0.2, -0.15) is 13.2 Å². The highest BCUT2D eigenvalue weighted by molar-refractivity contribution is 6.12. The van der Waals surface area contributed by atoms with Gasteiger partial charge in [-0.1, -0.05) is 24.3 Å². The van der Waals surface area contributed by atoms with Crippen molar-refractivity contribution >= 4 is 34.8 Å². The molecule has 1 aliphatic heterocycles. The van der Waals surface area contributed by atoms with Gasteiger partial charge in [-0.15, -0.1) is 5.10 Å². The van der Waals surface area contributed by atoms with Crippen LogP contribution in [-0.4, -0.2) is 64.9 Å². The normalized spacial score (nSPS) is 15.1. The average Bonchev–Trinajstić information content (AvgIpc) is 3.48. The molecule has 0 aliphatic carbocycles. The van der Waals surface area contributed by atoms with Gasteiger partial charge in [0.2, 0.25) is 5.91 Å². The van der Waals surface area contributed by atoms with Crippen LogP contribution in [0.3, 0.4) is 0 Å². The second-order valence-electron chi connectivity index (χ2n) is 12.4. The molecule has 1 fully saturated rings. The lowest BCUT2D eigenvalue weighted by atomic mass is 10.1. The summed E-state index contributed by atoms with van der Waals surface area (Å²) < 4.78 is 60.9. The van der Waals surface area contributed by atoms with Crippen molar-refractivity contribution < 1.29 is 41.8 Å². The maximum Gasteiger partial charge on any atom is 0.418 e. The first-order valence-electron chi connectivity index (χ1n) is 15.7. The molecule has 2 aromatic carbocycles. The number of hydrogen-bond acceptors (Lipinski definition) is 9. The number of anilines is 3. The van der Waals surface area contributed by atoms with Gasteiger partial charge in [0.05, 0.1) is 53.2 Å². The summed E-state index contributed by atoms with van der Waals surface area (Å²) in [6.07, 6.45) is -1.86. The number of benzene rings is 2. The summed E-state index contributed by atoms with van der Waals surface area (Å²) in [7, 11) is 1.50. The molecule has 12 nitrogen and oxygen atoms in total. The molecule has 48 heavy (non-hydrogen) atoms. The fourth-order valence-electron chi connectivity index (χ4n) is 5.05. The highest BCUT2D eigenvalue weighted by Gasteiger charge is 2.36. The number of aromatic nitrogens is 3. The van der Waals surface area contributed by atoms with Crippen molar-refractivity contribution in [1.82, 2.24) is 15.0 Å². The molecule has 0 radical (unpaired) electrons. The van der Waals surface area contributed by atoms with E-state index in [4.69, 9.17) is 14.2 Å². The minimum absolute atomic E-state index is 0.127.